The Morgan fingerprint density at radius 1 is 1.35 bits per heavy atom. The van der Waals surface area contributed by atoms with E-state index in [-0.39, 0.29) is 11.8 Å². The average Bonchev–Trinajstić information content (AvgIpc) is 2.44. The standard InChI is InChI=1S/C16H24N2O2/c1-3-18(15-11-14(19)10-9-12(15)2)16(20)17-13-7-5-4-6-8-13/h9-11,13,19H,3-8H2,1-2H3,(H,17,20). The van der Waals surface area contributed by atoms with E-state index in [4.69, 9.17) is 0 Å². The summed E-state index contributed by atoms with van der Waals surface area (Å²) in [6, 6.07) is 5.36. The number of nitrogens with zero attached hydrogens (tertiary/aromatic N) is 1. The van der Waals surface area contributed by atoms with Crippen LogP contribution < -0.4 is 10.2 Å². The van der Waals surface area contributed by atoms with Crippen LogP contribution in [0.4, 0.5) is 10.5 Å². The summed E-state index contributed by atoms with van der Waals surface area (Å²) in [4.78, 5) is 14.1. The van der Waals surface area contributed by atoms with E-state index in [0.29, 0.717) is 12.6 Å². The fraction of sp³-hybridized carbons (Fsp3) is 0.562. The van der Waals surface area contributed by atoms with Gasteiger partial charge in [-0.3, -0.25) is 4.90 Å². The number of hydrogen-bond acceptors (Lipinski definition) is 2. The molecule has 0 aliphatic heterocycles. The highest BCUT2D eigenvalue weighted by atomic mass is 16.3. The Balaban J connectivity index is 2.10. The van der Waals surface area contributed by atoms with E-state index < -0.39 is 0 Å². The maximum Gasteiger partial charge on any atom is 0.322 e. The molecule has 2 rings (SSSR count). The number of aromatic hydroxyl groups is 1. The molecule has 0 spiro atoms. The fourth-order valence-electron chi connectivity index (χ4n) is 2.81. The molecule has 0 bridgehead atoms. The van der Waals surface area contributed by atoms with Gasteiger partial charge in [-0.2, -0.15) is 0 Å². The molecule has 4 heteroatoms. The van der Waals surface area contributed by atoms with Crippen molar-refractivity contribution in [3.63, 3.8) is 0 Å². The lowest BCUT2D eigenvalue weighted by molar-refractivity contribution is 0.238. The molecule has 110 valence electrons. The molecule has 1 saturated carbocycles. The molecule has 4 nitrogen and oxygen atoms in total. The van der Waals surface area contributed by atoms with Crippen LogP contribution in [0.1, 0.15) is 44.6 Å². The van der Waals surface area contributed by atoms with Gasteiger partial charge in [0, 0.05) is 18.7 Å². The number of aryl methyl sites for hydroxylation is 1. The summed E-state index contributed by atoms with van der Waals surface area (Å²) in [7, 11) is 0. The third-order valence-corrected chi connectivity index (χ3v) is 3.98. The molecule has 0 unspecified atom stereocenters. The number of hydrogen-bond donors (Lipinski definition) is 2. The largest absolute Gasteiger partial charge is 0.508 e. The lowest BCUT2D eigenvalue weighted by atomic mass is 9.96. The molecule has 0 atom stereocenters. The van der Waals surface area contributed by atoms with Crippen molar-refractivity contribution < 1.29 is 9.90 Å². The number of benzene rings is 1. The van der Waals surface area contributed by atoms with Crippen molar-refractivity contribution in [2.24, 2.45) is 0 Å². The first-order valence-electron chi connectivity index (χ1n) is 7.49. The summed E-state index contributed by atoms with van der Waals surface area (Å²) >= 11 is 0. The second kappa shape index (κ2) is 6.64. The Hall–Kier alpha value is -1.71. The summed E-state index contributed by atoms with van der Waals surface area (Å²) in [5.74, 6) is 0.189. The number of rotatable bonds is 3. The number of amides is 2. The molecule has 1 aliphatic carbocycles. The minimum absolute atomic E-state index is 0.0619. The lowest BCUT2D eigenvalue weighted by Crippen LogP contribution is -2.45. The quantitative estimate of drug-likeness (QED) is 0.886. The summed E-state index contributed by atoms with van der Waals surface area (Å²) in [5.41, 5.74) is 1.77. The first-order valence-corrected chi connectivity index (χ1v) is 7.49. The minimum Gasteiger partial charge on any atom is -0.508 e. The van der Waals surface area contributed by atoms with Crippen molar-refractivity contribution in [2.75, 3.05) is 11.4 Å². The van der Waals surface area contributed by atoms with E-state index in [1.54, 1.807) is 17.0 Å². The molecular formula is C16H24N2O2. The fourth-order valence-corrected chi connectivity index (χ4v) is 2.81. The molecule has 0 aromatic heterocycles. The molecule has 2 amide bonds. The Morgan fingerprint density at radius 3 is 2.70 bits per heavy atom. The number of carbonyl (C=O) groups excluding carboxylic acids is 1. The molecule has 20 heavy (non-hydrogen) atoms. The third-order valence-electron chi connectivity index (χ3n) is 3.98. The number of phenols is 1. The van der Waals surface area contributed by atoms with Crippen LogP contribution in [0.5, 0.6) is 5.75 Å². The predicted octanol–water partition coefficient (Wildman–Crippen LogP) is 3.57. The molecule has 1 aromatic carbocycles. The Morgan fingerprint density at radius 2 is 2.05 bits per heavy atom. The Kier molecular flexibility index (Phi) is 4.88. The van der Waals surface area contributed by atoms with Gasteiger partial charge in [0.15, 0.2) is 0 Å². The molecule has 1 aromatic rings. The summed E-state index contributed by atoms with van der Waals surface area (Å²) in [5, 5.41) is 12.7. The van der Waals surface area contributed by atoms with Gasteiger partial charge in [0.2, 0.25) is 0 Å². The van der Waals surface area contributed by atoms with Gasteiger partial charge in [0.25, 0.3) is 0 Å². The third kappa shape index (κ3) is 3.44. The first-order chi connectivity index (χ1) is 9.61. The highest BCUT2D eigenvalue weighted by molar-refractivity contribution is 5.93. The molecule has 2 N–H and O–H groups in total. The number of carbonyl (C=O) groups is 1. The maximum absolute atomic E-state index is 12.4. The van der Waals surface area contributed by atoms with Crippen LogP contribution in [0.25, 0.3) is 0 Å². The minimum atomic E-state index is -0.0619. The molecule has 0 radical (unpaired) electrons. The van der Waals surface area contributed by atoms with Gasteiger partial charge in [0.05, 0.1) is 5.69 Å². The topological polar surface area (TPSA) is 52.6 Å². The van der Waals surface area contributed by atoms with E-state index >= 15 is 0 Å². The molecule has 0 saturated heterocycles. The van der Waals surface area contributed by atoms with Crippen molar-refractivity contribution in [3.05, 3.63) is 23.8 Å². The van der Waals surface area contributed by atoms with Gasteiger partial charge in [-0.15, -0.1) is 0 Å². The zero-order valence-corrected chi connectivity index (χ0v) is 12.4. The van der Waals surface area contributed by atoms with Crippen LogP contribution in [0.2, 0.25) is 0 Å². The second-order valence-electron chi connectivity index (χ2n) is 5.50. The molecule has 0 heterocycles. The second-order valence-corrected chi connectivity index (χ2v) is 5.50. The van der Waals surface area contributed by atoms with E-state index in [2.05, 4.69) is 5.32 Å². The number of anilines is 1. The van der Waals surface area contributed by atoms with Gasteiger partial charge < -0.3 is 10.4 Å². The van der Waals surface area contributed by atoms with Gasteiger partial charge in [-0.25, -0.2) is 4.79 Å². The Labute approximate surface area is 120 Å². The van der Waals surface area contributed by atoms with Gasteiger partial charge >= 0.3 is 6.03 Å². The van der Waals surface area contributed by atoms with Crippen LogP contribution in [-0.4, -0.2) is 23.7 Å². The lowest BCUT2D eigenvalue weighted by Gasteiger charge is -2.28. The van der Waals surface area contributed by atoms with Crippen LogP contribution >= 0.6 is 0 Å². The van der Waals surface area contributed by atoms with Crippen molar-refractivity contribution in [3.8, 4) is 5.75 Å². The Bertz CT molecular complexity index is 468. The van der Waals surface area contributed by atoms with Gasteiger partial charge in [-0.05, 0) is 38.3 Å². The van der Waals surface area contributed by atoms with Crippen LogP contribution in [0, 0.1) is 6.92 Å². The zero-order valence-electron chi connectivity index (χ0n) is 12.4. The monoisotopic (exact) mass is 276 g/mol. The SMILES string of the molecule is CCN(C(=O)NC1CCCCC1)c1cc(O)ccc1C. The van der Waals surface area contributed by atoms with E-state index in [9.17, 15) is 9.90 Å². The van der Waals surface area contributed by atoms with E-state index in [1.165, 1.54) is 19.3 Å². The molecule has 1 fully saturated rings. The number of nitrogens with one attached hydrogen (secondary N) is 1. The summed E-state index contributed by atoms with van der Waals surface area (Å²) < 4.78 is 0. The van der Waals surface area contributed by atoms with Gasteiger partial charge in [-0.1, -0.05) is 25.3 Å². The molecule has 1 aliphatic rings. The van der Waals surface area contributed by atoms with Crippen LogP contribution in [-0.2, 0) is 0 Å². The average molecular weight is 276 g/mol. The smallest absolute Gasteiger partial charge is 0.322 e. The van der Waals surface area contributed by atoms with Crippen LogP contribution in [0.3, 0.4) is 0 Å². The predicted molar refractivity (Wildman–Crippen MR) is 81.3 cm³/mol. The first kappa shape index (κ1) is 14.7. The van der Waals surface area contributed by atoms with Crippen molar-refractivity contribution >= 4 is 11.7 Å². The summed E-state index contributed by atoms with van der Waals surface area (Å²) in [6.45, 7) is 4.48. The van der Waals surface area contributed by atoms with Crippen molar-refractivity contribution in [1.82, 2.24) is 5.32 Å². The van der Waals surface area contributed by atoms with E-state index in [1.807, 2.05) is 19.9 Å². The summed E-state index contributed by atoms with van der Waals surface area (Å²) in [6.07, 6.45) is 5.81. The van der Waals surface area contributed by atoms with Crippen molar-refractivity contribution in [2.45, 2.75) is 52.0 Å². The van der Waals surface area contributed by atoms with E-state index in [0.717, 1.165) is 24.1 Å². The normalized spacial score (nSPS) is 15.9. The zero-order chi connectivity index (χ0) is 14.5. The van der Waals surface area contributed by atoms with Gasteiger partial charge in [0.1, 0.15) is 5.75 Å². The molecular weight excluding hydrogens is 252 g/mol. The van der Waals surface area contributed by atoms with Crippen molar-refractivity contribution in [1.29, 1.82) is 0 Å². The number of urea groups is 1. The maximum atomic E-state index is 12.4. The highest BCUT2D eigenvalue weighted by Gasteiger charge is 2.21. The highest BCUT2D eigenvalue weighted by Crippen LogP contribution is 2.25. The van der Waals surface area contributed by atoms with Crippen LogP contribution in [0.15, 0.2) is 18.2 Å². The number of phenolic OH excluding ortho intramolecular Hbond substituents is 1.